The summed E-state index contributed by atoms with van der Waals surface area (Å²) in [6.45, 7) is 1.02. The molecule has 2 aliphatic rings. The molecule has 1 atom stereocenters. The van der Waals surface area contributed by atoms with Crippen LogP contribution in [0, 0.1) is 22.7 Å². The molecule has 1 aliphatic carbocycles. The van der Waals surface area contributed by atoms with Crippen molar-refractivity contribution in [3.8, 4) is 6.07 Å². The Morgan fingerprint density at radius 2 is 2.28 bits per heavy atom. The van der Waals surface area contributed by atoms with Crippen molar-refractivity contribution in [3.05, 3.63) is 24.7 Å². The zero-order valence-corrected chi connectivity index (χ0v) is 17.0. The third kappa shape index (κ3) is 3.66. The molecule has 2 aromatic heterocycles. The molecule has 3 heterocycles. The van der Waals surface area contributed by atoms with E-state index in [0.717, 1.165) is 12.8 Å². The number of rotatable bonds is 6. The molecule has 2 aromatic rings. The summed E-state index contributed by atoms with van der Waals surface area (Å²) in [6.07, 6.45) is 6.87. The minimum atomic E-state index is -2.47. The average molecular weight is 420 g/mol. The number of hydrogen-bond donors (Lipinski definition) is 2. The van der Waals surface area contributed by atoms with Gasteiger partial charge in [-0.1, -0.05) is 0 Å². The molecule has 2 N–H and O–H groups in total. The number of aromatic nitrogens is 4. The summed E-state index contributed by atoms with van der Waals surface area (Å²) in [6, 6.07) is 3.90. The highest BCUT2D eigenvalue weighted by atomic mass is 35.5. The topological polar surface area (TPSA) is 120 Å². The van der Waals surface area contributed by atoms with E-state index in [9.17, 15) is 15.2 Å². The van der Waals surface area contributed by atoms with Gasteiger partial charge in [0.25, 0.3) is 0 Å². The van der Waals surface area contributed by atoms with Crippen LogP contribution in [-0.2, 0) is 10.3 Å². The lowest BCUT2D eigenvalue weighted by Crippen LogP contribution is -2.35. The maximum atomic E-state index is 13.0. The minimum Gasteiger partial charge on any atom is -0.394 e. The van der Waals surface area contributed by atoms with E-state index >= 15 is 0 Å². The largest absolute Gasteiger partial charge is 0.394 e. The fourth-order valence-electron chi connectivity index (χ4n) is 3.54. The number of halogens is 1. The molecular formula is C19H24ClN7O2. The molecule has 1 aliphatic heterocycles. The highest BCUT2D eigenvalue weighted by molar-refractivity contribution is 6.01. The third-order valence-electron chi connectivity index (χ3n) is 5.43. The van der Waals surface area contributed by atoms with E-state index in [1.54, 1.807) is 17.2 Å². The Morgan fingerprint density at radius 1 is 1.52 bits per heavy atom. The van der Waals surface area contributed by atoms with Gasteiger partial charge in [0.2, 0.25) is 11.9 Å². The van der Waals surface area contributed by atoms with Crippen LogP contribution in [0.15, 0.2) is 24.7 Å². The zero-order chi connectivity index (χ0) is 21.7. The van der Waals surface area contributed by atoms with Crippen molar-refractivity contribution < 1.29 is 12.6 Å². The summed E-state index contributed by atoms with van der Waals surface area (Å²) < 4.78 is 16.5. The minimum absolute atomic E-state index is 0. The van der Waals surface area contributed by atoms with Crippen LogP contribution in [0.1, 0.15) is 35.9 Å². The Kier molecular flexibility index (Phi) is 4.81. The fraction of sp³-hybridized carbons (Fsp3) is 0.526. The summed E-state index contributed by atoms with van der Waals surface area (Å²) in [4.78, 5) is 23.1. The first-order chi connectivity index (χ1) is 14.1. The Morgan fingerprint density at radius 3 is 2.93 bits per heavy atom. The number of anilines is 3. The zero-order valence-electron chi connectivity index (χ0n) is 18.2. The normalized spacial score (nSPS) is 23.1. The van der Waals surface area contributed by atoms with Crippen LogP contribution in [0.4, 0.5) is 17.5 Å². The molecule has 0 radical (unpaired) electrons. The molecule has 10 heteroatoms. The van der Waals surface area contributed by atoms with Crippen LogP contribution < -0.4 is 10.2 Å². The van der Waals surface area contributed by atoms with Gasteiger partial charge in [-0.3, -0.25) is 14.4 Å². The van der Waals surface area contributed by atoms with Crippen molar-refractivity contribution >= 4 is 35.8 Å². The number of nitrogens with one attached hydrogen (secondary N) is 1. The molecule has 0 bridgehead atoms. The quantitative estimate of drug-likeness (QED) is 0.736. The highest BCUT2D eigenvalue weighted by Crippen LogP contribution is 2.51. The van der Waals surface area contributed by atoms with Crippen molar-refractivity contribution in [1.82, 2.24) is 19.7 Å². The van der Waals surface area contributed by atoms with Crippen LogP contribution >= 0.6 is 12.4 Å². The maximum absolute atomic E-state index is 13.0. The van der Waals surface area contributed by atoms with Gasteiger partial charge < -0.3 is 10.4 Å². The molecule has 29 heavy (non-hydrogen) atoms. The average Bonchev–Trinajstić information content (AvgIpc) is 3.34. The summed E-state index contributed by atoms with van der Waals surface area (Å²) >= 11 is 0. The van der Waals surface area contributed by atoms with E-state index in [-0.39, 0.29) is 30.2 Å². The van der Waals surface area contributed by atoms with Gasteiger partial charge >= 0.3 is 0 Å². The molecule has 2 fully saturated rings. The third-order valence-corrected chi connectivity index (χ3v) is 5.43. The van der Waals surface area contributed by atoms with Gasteiger partial charge in [-0.25, -0.2) is 4.98 Å². The van der Waals surface area contributed by atoms with Crippen LogP contribution in [-0.4, -0.2) is 43.9 Å². The van der Waals surface area contributed by atoms with Crippen LogP contribution in [0.3, 0.4) is 0 Å². The molecule has 1 amide bonds. The Balaban J connectivity index is 0.00000272. The standard InChI is InChI=1S/C19H23N7O2.ClH/c1-18(2,12-27)26-10-14(9-22-26)23-17-21-7-5-15(24-17)25-8-6-19(11-20,16(25)28)13-3-4-13;/h5,7,9-10,13,27H,3-4,6,8,12H2,1-2H3,(H,21,23,24);1H/t19-;/m1./s1/i12D2;. The van der Waals surface area contributed by atoms with E-state index in [2.05, 4.69) is 26.5 Å². The predicted octanol–water partition coefficient (Wildman–Crippen LogP) is 2.22. The fourth-order valence-corrected chi connectivity index (χ4v) is 3.54. The number of hydrogen-bond acceptors (Lipinski definition) is 7. The lowest BCUT2D eigenvalue weighted by Gasteiger charge is -2.22. The number of amides is 1. The van der Waals surface area contributed by atoms with Gasteiger partial charge in [0.1, 0.15) is 11.2 Å². The van der Waals surface area contributed by atoms with Gasteiger partial charge in [-0.15, -0.1) is 12.4 Å². The van der Waals surface area contributed by atoms with Gasteiger partial charge in [0.05, 0.1) is 32.8 Å². The summed E-state index contributed by atoms with van der Waals surface area (Å²) in [5.41, 5.74) is -1.73. The molecule has 0 unspecified atom stereocenters. The second-order valence-electron chi connectivity index (χ2n) is 7.77. The number of nitrogens with zero attached hydrogens (tertiary/aromatic N) is 6. The summed E-state index contributed by atoms with van der Waals surface area (Å²) in [7, 11) is 0. The highest BCUT2D eigenvalue weighted by Gasteiger charge is 2.57. The molecule has 1 saturated heterocycles. The first-order valence-electron chi connectivity index (χ1n) is 10.2. The molecule has 0 spiro atoms. The molecule has 1 saturated carbocycles. The van der Waals surface area contributed by atoms with Crippen molar-refractivity contribution in [3.63, 3.8) is 0 Å². The smallest absolute Gasteiger partial charge is 0.248 e. The second kappa shape index (κ2) is 7.61. The molecular weight excluding hydrogens is 394 g/mol. The van der Waals surface area contributed by atoms with Crippen LogP contribution in [0.2, 0.25) is 0 Å². The number of carbonyl (C=O) groups is 1. The van der Waals surface area contributed by atoms with Gasteiger partial charge in [-0.2, -0.15) is 15.3 Å². The van der Waals surface area contributed by atoms with Crippen LogP contribution in [0.5, 0.6) is 0 Å². The monoisotopic (exact) mass is 419 g/mol. The van der Waals surface area contributed by atoms with E-state index in [1.807, 2.05) is 0 Å². The van der Waals surface area contributed by atoms with E-state index in [0.29, 0.717) is 24.5 Å². The van der Waals surface area contributed by atoms with Crippen molar-refractivity contribution in [2.45, 2.75) is 38.6 Å². The molecule has 9 nitrogen and oxygen atoms in total. The lowest BCUT2D eigenvalue weighted by atomic mass is 9.83. The van der Waals surface area contributed by atoms with Crippen LogP contribution in [0.25, 0.3) is 0 Å². The van der Waals surface area contributed by atoms with E-state index in [4.69, 9.17) is 2.74 Å². The van der Waals surface area contributed by atoms with Gasteiger partial charge in [-0.05, 0) is 45.1 Å². The lowest BCUT2D eigenvalue weighted by molar-refractivity contribution is -0.123. The number of nitriles is 1. The maximum Gasteiger partial charge on any atom is 0.248 e. The number of carbonyl (C=O) groups excluding carboxylic acids is 1. The first kappa shape index (κ1) is 18.3. The Hall–Kier alpha value is -2.70. The molecule has 154 valence electrons. The van der Waals surface area contributed by atoms with Crippen molar-refractivity contribution in [2.75, 3.05) is 23.3 Å². The summed E-state index contributed by atoms with van der Waals surface area (Å²) in [5, 5.41) is 26.5. The molecule has 4 rings (SSSR count). The van der Waals surface area contributed by atoms with Crippen molar-refractivity contribution in [1.29, 1.82) is 5.26 Å². The van der Waals surface area contributed by atoms with Crippen molar-refractivity contribution in [2.24, 2.45) is 11.3 Å². The van der Waals surface area contributed by atoms with Gasteiger partial charge in [0.15, 0.2) is 0 Å². The Bertz CT molecular complexity index is 1030. The predicted molar refractivity (Wildman–Crippen MR) is 109 cm³/mol. The van der Waals surface area contributed by atoms with E-state index < -0.39 is 17.5 Å². The van der Waals surface area contributed by atoms with E-state index in [1.165, 1.54) is 30.9 Å². The SMILES string of the molecule is Cl.[2H]C([2H])(O)C(C)(C)n1cc(Nc2nccc(N3CC[C@@](C#N)(C4CC4)C3=O)n2)cn1. The van der Waals surface area contributed by atoms with Gasteiger partial charge in [0, 0.05) is 18.9 Å². The molecule has 0 aromatic carbocycles. The summed E-state index contributed by atoms with van der Waals surface area (Å²) in [5.74, 6) is 0.610. The Labute approximate surface area is 178 Å². The first-order valence-corrected chi connectivity index (χ1v) is 9.19. The second-order valence-corrected chi connectivity index (χ2v) is 7.77. The number of aliphatic hydroxyl groups is 1.